The van der Waals surface area contributed by atoms with Crippen molar-refractivity contribution in [3.8, 4) is 0 Å². The van der Waals surface area contributed by atoms with Crippen molar-refractivity contribution >= 4 is 11.9 Å². The zero-order valence-electron chi connectivity index (χ0n) is 11.4. The van der Waals surface area contributed by atoms with Gasteiger partial charge in [-0.25, -0.2) is 8.78 Å². The fourth-order valence-electron chi connectivity index (χ4n) is 2.70. The lowest BCUT2D eigenvalue weighted by atomic mass is 9.84. The molecule has 0 bridgehead atoms. The van der Waals surface area contributed by atoms with E-state index in [1.807, 2.05) is 0 Å². The lowest BCUT2D eigenvalue weighted by Crippen LogP contribution is -2.45. The first-order valence-corrected chi connectivity index (χ1v) is 6.93. The van der Waals surface area contributed by atoms with Gasteiger partial charge in [-0.15, -0.1) is 0 Å². The smallest absolute Gasteiger partial charge is 0.308 e. The van der Waals surface area contributed by atoms with Crippen LogP contribution < -0.4 is 5.32 Å². The highest BCUT2D eigenvalue weighted by Crippen LogP contribution is 2.24. The predicted molar refractivity (Wildman–Crippen MR) is 71.6 cm³/mol. The van der Waals surface area contributed by atoms with Crippen molar-refractivity contribution in [1.82, 2.24) is 5.32 Å². The van der Waals surface area contributed by atoms with Gasteiger partial charge in [-0.2, -0.15) is 0 Å². The summed E-state index contributed by atoms with van der Waals surface area (Å²) < 4.78 is 26.3. The fourth-order valence-corrected chi connectivity index (χ4v) is 2.70. The van der Waals surface area contributed by atoms with E-state index in [1.54, 1.807) is 0 Å². The van der Waals surface area contributed by atoms with Crippen LogP contribution in [0.1, 0.15) is 31.2 Å². The number of aliphatic carboxylic acids is 1. The predicted octanol–water partition coefficient (Wildman–Crippen LogP) is 2.27. The van der Waals surface area contributed by atoms with Crippen LogP contribution in [-0.4, -0.2) is 23.0 Å². The van der Waals surface area contributed by atoms with Crippen molar-refractivity contribution in [1.29, 1.82) is 0 Å². The summed E-state index contributed by atoms with van der Waals surface area (Å²) in [7, 11) is 0. The summed E-state index contributed by atoms with van der Waals surface area (Å²) in [4.78, 5) is 23.1. The Morgan fingerprint density at radius 2 is 1.95 bits per heavy atom. The topological polar surface area (TPSA) is 66.4 Å². The Morgan fingerprint density at radius 1 is 1.24 bits per heavy atom. The minimum absolute atomic E-state index is 0.0941. The van der Waals surface area contributed by atoms with Crippen molar-refractivity contribution in [2.24, 2.45) is 5.92 Å². The third-order valence-electron chi connectivity index (χ3n) is 3.80. The van der Waals surface area contributed by atoms with E-state index in [0.717, 1.165) is 25.0 Å². The molecule has 1 aliphatic carbocycles. The molecule has 1 aromatic carbocycles. The minimum atomic E-state index is -0.923. The molecule has 0 saturated heterocycles. The van der Waals surface area contributed by atoms with Gasteiger partial charge < -0.3 is 10.4 Å². The number of benzene rings is 1. The number of carboxylic acid groups (broad SMARTS) is 1. The van der Waals surface area contributed by atoms with Crippen LogP contribution in [0.4, 0.5) is 8.78 Å². The summed E-state index contributed by atoms with van der Waals surface area (Å²) >= 11 is 0. The van der Waals surface area contributed by atoms with Crippen LogP contribution in [-0.2, 0) is 16.0 Å². The van der Waals surface area contributed by atoms with Gasteiger partial charge in [0.25, 0.3) is 0 Å². The molecule has 0 heterocycles. The Balaban J connectivity index is 1.98. The van der Waals surface area contributed by atoms with Crippen molar-refractivity contribution < 1.29 is 23.5 Å². The van der Waals surface area contributed by atoms with E-state index in [-0.39, 0.29) is 12.0 Å². The molecule has 2 rings (SSSR count). The zero-order chi connectivity index (χ0) is 15.4. The van der Waals surface area contributed by atoms with Gasteiger partial charge in [0.05, 0.1) is 12.3 Å². The van der Waals surface area contributed by atoms with E-state index >= 15 is 0 Å². The van der Waals surface area contributed by atoms with Crippen LogP contribution in [0.3, 0.4) is 0 Å². The number of hydrogen-bond acceptors (Lipinski definition) is 2. The molecule has 114 valence electrons. The third kappa shape index (κ3) is 4.00. The number of carboxylic acids is 1. The molecule has 1 fully saturated rings. The van der Waals surface area contributed by atoms with Crippen molar-refractivity contribution in [3.63, 3.8) is 0 Å². The quantitative estimate of drug-likeness (QED) is 0.896. The van der Waals surface area contributed by atoms with Gasteiger partial charge in [-0.05, 0) is 24.5 Å². The Bertz CT molecular complexity index is 548. The maximum absolute atomic E-state index is 13.5. The molecule has 1 aliphatic rings. The standard InChI is InChI=1S/C15H17F2NO3/c16-10-6-5-9(12(17)8-10)7-14(19)18-13-4-2-1-3-11(13)15(20)21/h5-6,8,11,13H,1-4,7H2,(H,18,19)(H,20,21). The van der Waals surface area contributed by atoms with Crippen LogP contribution in [0.15, 0.2) is 18.2 Å². The molecule has 0 radical (unpaired) electrons. The summed E-state index contributed by atoms with van der Waals surface area (Å²) in [6, 6.07) is 2.61. The fraction of sp³-hybridized carbons (Fsp3) is 0.467. The first-order chi connectivity index (χ1) is 9.97. The molecule has 2 atom stereocenters. The van der Waals surface area contributed by atoms with E-state index in [0.29, 0.717) is 12.8 Å². The Labute approximate surface area is 121 Å². The van der Waals surface area contributed by atoms with E-state index < -0.39 is 35.5 Å². The summed E-state index contributed by atoms with van der Waals surface area (Å²) in [6.45, 7) is 0. The van der Waals surface area contributed by atoms with Gasteiger partial charge >= 0.3 is 5.97 Å². The molecule has 2 N–H and O–H groups in total. The van der Waals surface area contributed by atoms with E-state index in [4.69, 9.17) is 5.11 Å². The van der Waals surface area contributed by atoms with Gasteiger partial charge in [0.2, 0.25) is 5.91 Å². The van der Waals surface area contributed by atoms with Crippen LogP contribution in [0.5, 0.6) is 0 Å². The van der Waals surface area contributed by atoms with Crippen molar-refractivity contribution in [2.45, 2.75) is 38.1 Å². The normalized spacial score (nSPS) is 21.8. The maximum Gasteiger partial charge on any atom is 0.308 e. The highest BCUT2D eigenvalue weighted by Gasteiger charge is 2.31. The number of hydrogen-bond donors (Lipinski definition) is 2. The number of rotatable bonds is 4. The van der Waals surface area contributed by atoms with Crippen LogP contribution in [0.2, 0.25) is 0 Å². The number of amides is 1. The minimum Gasteiger partial charge on any atom is -0.481 e. The Kier molecular flexibility index (Phi) is 4.88. The second kappa shape index (κ2) is 6.65. The molecule has 0 aliphatic heterocycles. The third-order valence-corrected chi connectivity index (χ3v) is 3.80. The molecule has 21 heavy (non-hydrogen) atoms. The van der Waals surface area contributed by atoms with Gasteiger partial charge in [-0.3, -0.25) is 9.59 Å². The molecule has 4 nitrogen and oxygen atoms in total. The van der Waals surface area contributed by atoms with Gasteiger partial charge in [0.1, 0.15) is 11.6 Å². The average Bonchev–Trinajstić information content (AvgIpc) is 2.42. The molecule has 6 heteroatoms. The maximum atomic E-state index is 13.5. The van der Waals surface area contributed by atoms with E-state index in [1.165, 1.54) is 6.07 Å². The molecular formula is C15H17F2NO3. The SMILES string of the molecule is O=C(Cc1ccc(F)cc1F)NC1CCCCC1C(=O)O. The number of carbonyl (C=O) groups is 2. The molecule has 1 aromatic rings. The molecular weight excluding hydrogens is 280 g/mol. The molecule has 1 saturated carbocycles. The molecule has 2 unspecified atom stereocenters. The first-order valence-electron chi connectivity index (χ1n) is 6.93. The van der Waals surface area contributed by atoms with Gasteiger partial charge in [0, 0.05) is 12.1 Å². The monoisotopic (exact) mass is 297 g/mol. The van der Waals surface area contributed by atoms with Crippen molar-refractivity contribution in [3.05, 3.63) is 35.4 Å². The van der Waals surface area contributed by atoms with Gasteiger partial charge in [0.15, 0.2) is 0 Å². The number of carbonyl (C=O) groups excluding carboxylic acids is 1. The number of nitrogens with one attached hydrogen (secondary N) is 1. The molecule has 0 spiro atoms. The van der Waals surface area contributed by atoms with Crippen molar-refractivity contribution in [2.75, 3.05) is 0 Å². The second-order valence-electron chi connectivity index (χ2n) is 5.32. The highest BCUT2D eigenvalue weighted by atomic mass is 19.1. The largest absolute Gasteiger partial charge is 0.481 e. The van der Waals surface area contributed by atoms with E-state index in [2.05, 4.69) is 5.32 Å². The lowest BCUT2D eigenvalue weighted by Gasteiger charge is -2.29. The van der Waals surface area contributed by atoms with Gasteiger partial charge in [-0.1, -0.05) is 18.9 Å². The number of halogens is 2. The van der Waals surface area contributed by atoms with Crippen LogP contribution in [0.25, 0.3) is 0 Å². The Hall–Kier alpha value is -1.98. The molecule has 0 aromatic heterocycles. The lowest BCUT2D eigenvalue weighted by molar-refractivity contribution is -0.144. The average molecular weight is 297 g/mol. The van der Waals surface area contributed by atoms with Crippen LogP contribution >= 0.6 is 0 Å². The van der Waals surface area contributed by atoms with Crippen LogP contribution in [0, 0.1) is 17.6 Å². The zero-order valence-corrected chi connectivity index (χ0v) is 11.4. The Morgan fingerprint density at radius 3 is 2.62 bits per heavy atom. The second-order valence-corrected chi connectivity index (χ2v) is 5.32. The summed E-state index contributed by atoms with van der Waals surface area (Å²) in [5.74, 6) is -3.44. The summed E-state index contributed by atoms with van der Waals surface area (Å²) in [6.07, 6.45) is 2.60. The summed E-state index contributed by atoms with van der Waals surface area (Å²) in [5, 5.41) is 11.8. The van der Waals surface area contributed by atoms with E-state index in [9.17, 15) is 18.4 Å². The molecule has 1 amide bonds. The summed E-state index contributed by atoms with van der Waals surface area (Å²) in [5.41, 5.74) is 0.0941. The highest BCUT2D eigenvalue weighted by molar-refractivity contribution is 5.80. The first kappa shape index (κ1) is 15.4.